The Morgan fingerprint density at radius 1 is 1.14 bits per heavy atom. The Balaban J connectivity index is 1.99. The summed E-state index contributed by atoms with van der Waals surface area (Å²) in [6.07, 6.45) is 0. The maximum absolute atomic E-state index is 13.1. The highest BCUT2D eigenvalue weighted by Crippen LogP contribution is 2.35. The van der Waals surface area contributed by atoms with Crippen molar-refractivity contribution in [2.45, 2.75) is 13.0 Å². The van der Waals surface area contributed by atoms with Crippen LogP contribution in [0.5, 0.6) is 11.5 Å². The van der Waals surface area contributed by atoms with E-state index >= 15 is 0 Å². The van der Waals surface area contributed by atoms with Crippen molar-refractivity contribution in [1.29, 1.82) is 0 Å². The zero-order valence-corrected chi connectivity index (χ0v) is 16.4. The van der Waals surface area contributed by atoms with E-state index in [9.17, 15) is 9.18 Å². The molecule has 0 radical (unpaired) electrons. The lowest BCUT2D eigenvalue weighted by molar-refractivity contribution is -0.113. The number of thiocarbonyl (C=S) groups is 1. The third-order valence-corrected chi connectivity index (χ3v) is 4.59. The van der Waals surface area contributed by atoms with E-state index in [1.54, 1.807) is 33.3 Å². The van der Waals surface area contributed by atoms with Crippen LogP contribution in [0, 0.1) is 5.82 Å². The van der Waals surface area contributed by atoms with Crippen molar-refractivity contribution in [2.75, 3.05) is 19.5 Å². The fourth-order valence-electron chi connectivity index (χ4n) is 3.02. The second-order valence-corrected chi connectivity index (χ2v) is 6.55. The van der Waals surface area contributed by atoms with Crippen LogP contribution in [0.2, 0.25) is 0 Å². The minimum absolute atomic E-state index is 0.338. The largest absolute Gasteiger partial charge is 0.497 e. The van der Waals surface area contributed by atoms with Crippen LogP contribution < -0.4 is 25.4 Å². The van der Waals surface area contributed by atoms with E-state index in [0.29, 0.717) is 33.6 Å². The molecule has 0 spiro atoms. The number of ether oxygens (including phenoxy) is 2. The smallest absolute Gasteiger partial charge is 0.255 e. The monoisotopic (exact) mass is 401 g/mol. The first-order valence-electron chi connectivity index (χ1n) is 8.50. The van der Waals surface area contributed by atoms with Crippen LogP contribution in [0.1, 0.15) is 18.5 Å². The molecule has 1 atom stereocenters. The molecule has 3 rings (SSSR count). The topological polar surface area (TPSA) is 71.6 Å². The van der Waals surface area contributed by atoms with E-state index in [1.807, 2.05) is 6.07 Å². The van der Waals surface area contributed by atoms with Gasteiger partial charge in [0.25, 0.3) is 5.91 Å². The predicted molar refractivity (Wildman–Crippen MR) is 109 cm³/mol. The van der Waals surface area contributed by atoms with Gasteiger partial charge in [-0.1, -0.05) is 0 Å². The first-order valence-corrected chi connectivity index (χ1v) is 8.91. The third-order valence-electron chi connectivity index (χ3n) is 4.37. The summed E-state index contributed by atoms with van der Waals surface area (Å²) in [6.45, 7) is 1.77. The van der Waals surface area contributed by atoms with Crippen LogP contribution in [0.25, 0.3) is 0 Å². The van der Waals surface area contributed by atoms with Crippen LogP contribution in [0.15, 0.2) is 53.7 Å². The Morgan fingerprint density at radius 3 is 2.50 bits per heavy atom. The van der Waals surface area contributed by atoms with Gasteiger partial charge in [0.05, 0.1) is 25.8 Å². The number of methoxy groups -OCH3 is 2. The van der Waals surface area contributed by atoms with E-state index in [2.05, 4.69) is 16.0 Å². The molecule has 0 saturated carbocycles. The molecule has 0 aliphatic carbocycles. The molecule has 0 bridgehead atoms. The van der Waals surface area contributed by atoms with Gasteiger partial charge in [-0.15, -0.1) is 0 Å². The Labute approximate surface area is 167 Å². The SMILES string of the molecule is COc1ccc(C2NC(=S)NC(C)=C2C(=O)Nc2ccc(F)cc2)c(OC)c1. The van der Waals surface area contributed by atoms with Crippen LogP contribution in [0.4, 0.5) is 10.1 Å². The van der Waals surface area contributed by atoms with Crippen LogP contribution >= 0.6 is 12.2 Å². The summed E-state index contributed by atoms with van der Waals surface area (Å²) in [4.78, 5) is 13.0. The van der Waals surface area contributed by atoms with Gasteiger partial charge in [0, 0.05) is 23.0 Å². The summed E-state index contributed by atoms with van der Waals surface area (Å²) in [7, 11) is 3.12. The van der Waals surface area contributed by atoms with Gasteiger partial charge in [0.15, 0.2) is 5.11 Å². The average molecular weight is 401 g/mol. The molecule has 6 nitrogen and oxygen atoms in total. The first-order chi connectivity index (χ1) is 13.4. The molecule has 1 amide bonds. The number of benzene rings is 2. The van der Waals surface area contributed by atoms with Crippen LogP contribution in [-0.4, -0.2) is 25.2 Å². The summed E-state index contributed by atoms with van der Waals surface area (Å²) < 4.78 is 23.9. The number of halogens is 1. The number of carbonyl (C=O) groups is 1. The second-order valence-electron chi connectivity index (χ2n) is 6.14. The lowest BCUT2D eigenvalue weighted by atomic mass is 9.94. The molecule has 1 heterocycles. The van der Waals surface area contributed by atoms with Crippen molar-refractivity contribution in [3.8, 4) is 11.5 Å². The quantitative estimate of drug-likeness (QED) is 0.668. The molecule has 0 saturated heterocycles. The minimum atomic E-state index is -0.532. The van der Waals surface area contributed by atoms with E-state index in [4.69, 9.17) is 21.7 Å². The van der Waals surface area contributed by atoms with E-state index in [-0.39, 0.29) is 11.7 Å². The summed E-state index contributed by atoms with van der Waals surface area (Å²) in [5.41, 5.74) is 2.28. The first kappa shape index (κ1) is 19.6. The normalized spacial score (nSPS) is 16.1. The maximum Gasteiger partial charge on any atom is 0.255 e. The zero-order valence-electron chi connectivity index (χ0n) is 15.6. The fourth-order valence-corrected chi connectivity index (χ4v) is 3.29. The van der Waals surface area contributed by atoms with Crippen molar-refractivity contribution >= 4 is 28.9 Å². The molecule has 28 heavy (non-hydrogen) atoms. The van der Waals surface area contributed by atoms with Crippen molar-refractivity contribution in [3.05, 3.63) is 65.1 Å². The number of hydrogen-bond acceptors (Lipinski definition) is 4. The molecule has 146 valence electrons. The van der Waals surface area contributed by atoms with E-state index in [0.717, 1.165) is 5.56 Å². The molecule has 1 unspecified atom stereocenters. The van der Waals surface area contributed by atoms with Crippen molar-refractivity contribution in [2.24, 2.45) is 0 Å². The van der Waals surface area contributed by atoms with E-state index < -0.39 is 6.04 Å². The van der Waals surface area contributed by atoms with Crippen molar-refractivity contribution < 1.29 is 18.7 Å². The molecule has 1 aliphatic heterocycles. The molecular weight excluding hydrogens is 381 g/mol. The molecule has 8 heteroatoms. The highest BCUT2D eigenvalue weighted by atomic mass is 32.1. The molecule has 2 aromatic rings. The number of allylic oxidation sites excluding steroid dienone is 1. The van der Waals surface area contributed by atoms with Crippen molar-refractivity contribution in [3.63, 3.8) is 0 Å². The average Bonchev–Trinajstić information content (AvgIpc) is 2.68. The lowest BCUT2D eigenvalue weighted by Crippen LogP contribution is -2.45. The van der Waals surface area contributed by atoms with Gasteiger partial charge in [-0.3, -0.25) is 4.79 Å². The number of anilines is 1. The molecule has 2 aromatic carbocycles. The number of amides is 1. The van der Waals surface area contributed by atoms with Crippen LogP contribution in [0.3, 0.4) is 0 Å². The van der Waals surface area contributed by atoms with Gasteiger partial charge >= 0.3 is 0 Å². The van der Waals surface area contributed by atoms with Crippen molar-refractivity contribution in [1.82, 2.24) is 10.6 Å². The zero-order chi connectivity index (χ0) is 20.3. The summed E-state index contributed by atoms with van der Waals surface area (Å²) in [6, 6.07) is 10.4. The van der Waals surface area contributed by atoms with Gasteiger partial charge < -0.3 is 25.4 Å². The molecule has 1 aliphatic rings. The van der Waals surface area contributed by atoms with Gasteiger partial charge in [0.2, 0.25) is 0 Å². The summed E-state index contributed by atoms with van der Waals surface area (Å²) in [5, 5.41) is 9.29. The lowest BCUT2D eigenvalue weighted by Gasteiger charge is -2.31. The van der Waals surface area contributed by atoms with Gasteiger partial charge in [-0.2, -0.15) is 0 Å². The van der Waals surface area contributed by atoms with Gasteiger partial charge in [-0.25, -0.2) is 4.39 Å². The fraction of sp³-hybridized carbons (Fsp3) is 0.200. The Hall–Kier alpha value is -3.13. The van der Waals surface area contributed by atoms with Gasteiger partial charge in [0.1, 0.15) is 17.3 Å². The number of nitrogens with one attached hydrogen (secondary N) is 3. The number of hydrogen-bond donors (Lipinski definition) is 3. The maximum atomic E-state index is 13.1. The highest BCUT2D eigenvalue weighted by molar-refractivity contribution is 7.80. The number of rotatable bonds is 5. The Bertz CT molecular complexity index is 944. The third kappa shape index (κ3) is 4.07. The summed E-state index contributed by atoms with van der Waals surface area (Å²) >= 11 is 5.28. The van der Waals surface area contributed by atoms with Crippen LogP contribution in [-0.2, 0) is 4.79 Å². The minimum Gasteiger partial charge on any atom is -0.497 e. The highest BCUT2D eigenvalue weighted by Gasteiger charge is 2.32. The molecule has 0 aromatic heterocycles. The van der Waals surface area contributed by atoms with E-state index in [1.165, 1.54) is 24.3 Å². The molecular formula is C20H20FN3O3S. The molecule has 0 fully saturated rings. The second kappa shape index (κ2) is 8.26. The Morgan fingerprint density at radius 2 is 1.86 bits per heavy atom. The number of carbonyl (C=O) groups excluding carboxylic acids is 1. The standard InChI is InChI=1S/C20H20FN3O3S/c1-11-17(19(25)23-13-6-4-12(21)5-7-13)18(24-20(28)22-11)15-9-8-14(26-2)10-16(15)27-3/h4-10,18H,1-3H3,(H,23,25)(H2,22,24,28). The Kier molecular flexibility index (Phi) is 5.79. The predicted octanol–water partition coefficient (Wildman–Crippen LogP) is 3.27. The van der Waals surface area contributed by atoms with Gasteiger partial charge in [-0.05, 0) is 55.5 Å². The summed E-state index contributed by atoms with van der Waals surface area (Å²) in [5.74, 6) is 0.478. The molecule has 3 N–H and O–H groups in total.